The summed E-state index contributed by atoms with van der Waals surface area (Å²) in [4.78, 5) is 31.2. The molecule has 1 aromatic heterocycles. The van der Waals surface area contributed by atoms with Gasteiger partial charge in [0.15, 0.2) is 11.8 Å². The molecule has 154 valence electrons. The molecule has 0 N–H and O–H groups in total. The maximum atomic E-state index is 13.1. The molecule has 0 aliphatic carbocycles. The second-order valence-corrected chi connectivity index (χ2v) is 7.47. The number of aromatic nitrogens is 1. The lowest BCUT2D eigenvalue weighted by molar-refractivity contribution is -0.141. The van der Waals surface area contributed by atoms with E-state index in [-0.39, 0.29) is 21.8 Å². The lowest BCUT2D eigenvalue weighted by Crippen LogP contribution is -2.39. The number of esters is 1. The van der Waals surface area contributed by atoms with Crippen LogP contribution in [-0.4, -0.2) is 27.9 Å². The molecule has 3 aromatic rings. The second kappa shape index (κ2) is 10.2. The number of pyridine rings is 1. The Kier molecular flexibility index (Phi) is 7.44. The van der Waals surface area contributed by atoms with Gasteiger partial charge in [0.05, 0.1) is 5.02 Å². The zero-order valence-corrected chi connectivity index (χ0v) is 17.8. The van der Waals surface area contributed by atoms with E-state index in [4.69, 9.17) is 27.9 Å². The standard InChI is InChI=1S/C23H20Cl2N2O3/c1-16(30-23(29)21-19(24)12-13-20(25)26-21)22(28)27(14-17-8-4-2-5-9-17)15-18-10-6-3-7-11-18/h2-13,16H,14-15H2,1H3. The number of nitrogens with zero attached hydrogens (tertiary/aromatic N) is 2. The van der Waals surface area contributed by atoms with Crippen LogP contribution in [0, 0.1) is 0 Å². The molecule has 2 aromatic carbocycles. The summed E-state index contributed by atoms with van der Waals surface area (Å²) in [5.41, 5.74) is 1.82. The summed E-state index contributed by atoms with van der Waals surface area (Å²) in [5.74, 6) is -1.13. The van der Waals surface area contributed by atoms with Gasteiger partial charge in [-0.3, -0.25) is 4.79 Å². The van der Waals surface area contributed by atoms with Gasteiger partial charge in [0.1, 0.15) is 5.15 Å². The quantitative estimate of drug-likeness (QED) is 0.374. The van der Waals surface area contributed by atoms with E-state index in [0.717, 1.165) is 11.1 Å². The first-order chi connectivity index (χ1) is 14.4. The maximum absolute atomic E-state index is 13.1. The Balaban J connectivity index is 1.76. The molecule has 0 radical (unpaired) electrons. The van der Waals surface area contributed by atoms with E-state index in [1.165, 1.54) is 19.1 Å². The lowest BCUT2D eigenvalue weighted by atomic mass is 10.1. The monoisotopic (exact) mass is 442 g/mol. The number of halogens is 2. The van der Waals surface area contributed by atoms with E-state index in [2.05, 4.69) is 4.98 Å². The number of hydrogen-bond acceptors (Lipinski definition) is 4. The second-order valence-electron chi connectivity index (χ2n) is 6.68. The van der Waals surface area contributed by atoms with E-state index in [1.807, 2.05) is 60.7 Å². The number of benzene rings is 2. The van der Waals surface area contributed by atoms with Crippen molar-refractivity contribution in [1.29, 1.82) is 0 Å². The van der Waals surface area contributed by atoms with Gasteiger partial charge in [-0.2, -0.15) is 0 Å². The minimum absolute atomic E-state index is 0.106. The summed E-state index contributed by atoms with van der Waals surface area (Å²) < 4.78 is 5.35. The van der Waals surface area contributed by atoms with Crippen molar-refractivity contribution in [3.05, 3.63) is 99.8 Å². The molecule has 0 bridgehead atoms. The van der Waals surface area contributed by atoms with Gasteiger partial charge in [0.2, 0.25) is 0 Å². The zero-order valence-electron chi connectivity index (χ0n) is 16.3. The molecule has 0 fully saturated rings. The average molecular weight is 443 g/mol. The summed E-state index contributed by atoms with van der Waals surface area (Å²) in [5, 5.41) is 0.217. The largest absolute Gasteiger partial charge is 0.448 e. The van der Waals surface area contributed by atoms with Crippen LogP contribution in [0.3, 0.4) is 0 Å². The van der Waals surface area contributed by atoms with Crippen molar-refractivity contribution in [2.45, 2.75) is 26.1 Å². The molecule has 0 saturated heterocycles. The smallest absolute Gasteiger partial charge is 0.359 e. The van der Waals surface area contributed by atoms with E-state index in [0.29, 0.717) is 13.1 Å². The van der Waals surface area contributed by atoms with Crippen molar-refractivity contribution in [3.63, 3.8) is 0 Å². The van der Waals surface area contributed by atoms with E-state index < -0.39 is 12.1 Å². The van der Waals surface area contributed by atoms with Gasteiger partial charge in [-0.25, -0.2) is 9.78 Å². The molecule has 3 rings (SSSR count). The molecule has 0 aliphatic heterocycles. The fourth-order valence-electron chi connectivity index (χ4n) is 2.90. The fraction of sp³-hybridized carbons (Fsp3) is 0.174. The number of rotatable bonds is 7. The van der Waals surface area contributed by atoms with Crippen LogP contribution in [0.2, 0.25) is 10.2 Å². The molecule has 7 heteroatoms. The summed E-state index contributed by atoms with van der Waals surface area (Å²) in [6.07, 6.45) is -1.03. The predicted molar refractivity (Wildman–Crippen MR) is 116 cm³/mol. The van der Waals surface area contributed by atoms with E-state index >= 15 is 0 Å². The normalized spacial score (nSPS) is 11.6. The van der Waals surface area contributed by atoms with Crippen molar-refractivity contribution >= 4 is 35.1 Å². The Labute approximate surface area is 185 Å². The molecule has 0 spiro atoms. The van der Waals surface area contributed by atoms with Crippen LogP contribution in [0.4, 0.5) is 0 Å². The van der Waals surface area contributed by atoms with Crippen molar-refractivity contribution in [1.82, 2.24) is 9.88 Å². The van der Waals surface area contributed by atoms with Crippen molar-refractivity contribution in [3.8, 4) is 0 Å². The Morgan fingerprint density at radius 1 is 0.900 bits per heavy atom. The number of amides is 1. The highest BCUT2D eigenvalue weighted by atomic mass is 35.5. The minimum atomic E-state index is -1.03. The summed E-state index contributed by atoms with van der Waals surface area (Å²) in [7, 11) is 0. The third-order valence-electron chi connectivity index (χ3n) is 4.38. The average Bonchev–Trinajstić information content (AvgIpc) is 2.75. The van der Waals surface area contributed by atoms with Gasteiger partial charge in [-0.1, -0.05) is 83.9 Å². The van der Waals surface area contributed by atoms with Crippen LogP contribution >= 0.6 is 23.2 Å². The molecular formula is C23H20Cl2N2O3. The topological polar surface area (TPSA) is 59.5 Å². The molecule has 1 heterocycles. The number of ether oxygens (including phenoxy) is 1. The Bertz CT molecular complexity index is 972. The van der Waals surface area contributed by atoms with Gasteiger partial charge in [-0.15, -0.1) is 0 Å². The van der Waals surface area contributed by atoms with Crippen LogP contribution < -0.4 is 0 Å². The van der Waals surface area contributed by atoms with Gasteiger partial charge in [-0.05, 0) is 30.2 Å². The third-order valence-corrected chi connectivity index (χ3v) is 4.90. The van der Waals surface area contributed by atoms with E-state index in [1.54, 1.807) is 4.90 Å². The maximum Gasteiger partial charge on any atom is 0.359 e. The first-order valence-electron chi connectivity index (χ1n) is 9.33. The Morgan fingerprint density at radius 2 is 1.43 bits per heavy atom. The summed E-state index contributed by atoms with van der Waals surface area (Å²) in [6, 6.07) is 22.2. The highest BCUT2D eigenvalue weighted by Crippen LogP contribution is 2.19. The molecule has 1 atom stereocenters. The SMILES string of the molecule is CC(OC(=O)c1nc(Cl)ccc1Cl)C(=O)N(Cc1ccccc1)Cc1ccccc1. The molecule has 5 nitrogen and oxygen atoms in total. The van der Waals surface area contributed by atoms with Gasteiger partial charge in [0.25, 0.3) is 5.91 Å². The van der Waals surface area contributed by atoms with Gasteiger partial charge < -0.3 is 9.64 Å². The molecule has 1 unspecified atom stereocenters. The van der Waals surface area contributed by atoms with Crippen molar-refractivity contribution in [2.24, 2.45) is 0 Å². The number of carbonyl (C=O) groups is 2. The van der Waals surface area contributed by atoms with Crippen LogP contribution in [0.15, 0.2) is 72.8 Å². The molecule has 1 amide bonds. The van der Waals surface area contributed by atoms with Crippen molar-refractivity contribution < 1.29 is 14.3 Å². The van der Waals surface area contributed by atoms with Gasteiger partial charge >= 0.3 is 5.97 Å². The van der Waals surface area contributed by atoms with Crippen molar-refractivity contribution in [2.75, 3.05) is 0 Å². The van der Waals surface area contributed by atoms with Gasteiger partial charge in [0, 0.05) is 13.1 Å². The molecule has 30 heavy (non-hydrogen) atoms. The first kappa shape index (κ1) is 21.8. The number of hydrogen-bond donors (Lipinski definition) is 0. The lowest BCUT2D eigenvalue weighted by Gasteiger charge is -2.26. The van der Waals surface area contributed by atoms with E-state index in [9.17, 15) is 9.59 Å². The molecule has 0 saturated carbocycles. The van der Waals surface area contributed by atoms with Crippen LogP contribution in [0.1, 0.15) is 28.5 Å². The van der Waals surface area contributed by atoms with Crippen LogP contribution in [0.25, 0.3) is 0 Å². The highest BCUT2D eigenvalue weighted by Gasteiger charge is 2.26. The summed E-state index contributed by atoms with van der Waals surface area (Å²) in [6.45, 7) is 2.29. The highest BCUT2D eigenvalue weighted by molar-refractivity contribution is 6.34. The Morgan fingerprint density at radius 3 is 1.97 bits per heavy atom. The zero-order chi connectivity index (χ0) is 21.5. The Hall–Kier alpha value is -2.89. The molecule has 0 aliphatic rings. The van der Waals surface area contributed by atoms with Crippen LogP contribution in [-0.2, 0) is 22.6 Å². The third kappa shape index (κ3) is 5.81. The molecular weight excluding hydrogens is 423 g/mol. The predicted octanol–water partition coefficient (Wildman–Crippen LogP) is 5.16. The van der Waals surface area contributed by atoms with Crippen LogP contribution in [0.5, 0.6) is 0 Å². The minimum Gasteiger partial charge on any atom is -0.448 e. The first-order valence-corrected chi connectivity index (χ1v) is 10.1. The fourth-order valence-corrected chi connectivity index (χ4v) is 3.23. The number of carbonyl (C=O) groups excluding carboxylic acids is 2. The summed E-state index contributed by atoms with van der Waals surface area (Å²) >= 11 is 11.9.